The van der Waals surface area contributed by atoms with Gasteiger partial charge in [0.1, 0.15) is 0 Å². The maximum absolute atomic E-state index is 11.6. The molecule has 0 atom stereocenters. The molecule has 0 aliphatic carbocycles. The van der Waals surface area contributed by atoms with Crippen LogP contribution < -0.4 is 10.6 Å². The molecule has 0 unspecified atom stereocenters. The predicted octanol–water partition coefficient (Wildman–Crippen LogP) is 1.07. The van der Waals surface area contributed by atoms with Crippen LogP contribution in [0.2, 0.25) is 0 Å². The van der Waals surface area contributed by atoms with Crippen LogP contribution in [0.25, 0.3) is 0 Å². The first-order chi connectivity index (χ1) is 7.22. The van der Waals surface area contributed by atoms with Gasteiger partial charge in [0, 0.05) is 17.9 Å². The molecule has 0 saturated carbocycles. The third-order valence-corrected chi connectivity index (χ3v) is 2.48. The van der Waals surface area contributed by atoms with Gasteiger partial charge in [0.25, 0.3) is 0 Å². The lowest BCUT2D eigenvalue weighted by molar-refractivity contribution is -0.117. The van der Waals surface area contributed by atoms with Crippen LogP contribution in [0.5, 0.6) is 0 Å². The average molecular weight is 201 g/mol. The van der Waals surface area contributed by atoms with E-state index >= 15 is 0 Å². The molecule has 0 saturated heterocycles. The van der Waals surface area contributed by atoms with Crippen LogP contribution >= 0.6 is 0 Å². The third kappa shape index (κ3) is 1.64. The zero-order valence-electron chi connectivity index (χ0n) is 8.23. The van der Waals surface area contributed by atoms with Crippen LogP contribution in [0.4, 0.5) is 11.4 Å². The summed E-state index contributed by atoms with van der Waals surface area (Å²) in [5.41, 5.74) is 8.16. The van der Waals surface area contributed by atoms with E-state index in [1.807, 2.05) is 18.2 Å². The third-order valence-electron chi connectivity index (χ3n) is 2.48. The molecule has 0 bridgehead atoms. The first-order valence-corrected chi connectivity index (χ1v) is 4.78. The number of anilines is 2. The Balaban J connectivity index is 2.30. The van der Waals surface area contributed by atoms with Gasteiger partial charge in [-0.3, -0.25) is 4.79 Å². The summed E-state index contributed by atoms with van der Waals surface area (Å²) in [5, 5.41) is 8.50. The van der Waals surface area contributed by atoms with Crippen LogP contribution in [0.15, 0.2) is 18.2 Å². The van der Waals surface area contributed by atoms with Crippen LogP contribution in [0.3, 0.4) is 0 Å². The standard InChI is InChI=1S/C11H11N3O/c12-4-1-5-14-10-3-2-9(13)6-8(10)7-11(14)15/h2-3,6H,1,5,7,13H2. The molecule has 2 N–H and O–H groups in total. The number of carbonyl (C=O) groups is 1. The lowest BCUT2D eigenvalue weighted by Gasteiger charge is -2.15. The van der Waals surface area contributed by atoms with Crippen LogP contribution in [-0.2, 0) is 11.2 Å². The number of carbonyl (C=O) groups excluding carboxylic acids is 1. The lowest BCUT2D eigenvalue weighted by Crippen LogP contribution is -2.27. The summed E-state index contributed by atoms with van der Waals surface area (Å²) >= 11 is 0. The number of benzene rings is 1. The van der Waals surface area contributed by atoms with E-state index in [0.29, 0.717) is 25.1 Å². The van der Waals surface area contributed by atoms with Gasteiger partial charge in [-0.15, -0.1) is 0 Å². The molecule has 1 heterocycles. The largest absolute Gasteiger partial charge is 0.399 e. The minimum absolute atomic E-state index is 0.0471. The zero-order chi connectivity index (χ0) is 10.8. The van der Waals surface area contributed by atoms with Crippen molar-refractivity contribution < 1.29 is 4.79 Å². The fourth-order valence-corrected chi connectivity index (χ4v) is 1.81. The second-order valence-electron chi connectivity index (χ2n) is 3.52. The Kier molecular flexibility index (Phi) is 2.30. The number of nitriles is 1. The number of nitrogen functional groups attached to an aromatic ring is 1. The molecule has 1 aliphatic heterocycles. The highest BCUT2D eigenvalue weighted by Gasteiger charge is 2.26. The van der Waals surface area contributed by atoms with Crippen LogP contribution in [-0.4, -0.2) is 12.5 Å². The van der Waals surface area contributed by atoms with E-state index in [9.17, 15) is 4.79 Å². The fraction of sp³-hybridized carbons (Fsp3) is 0.273. The van der Waals surface area contributed by atoms with Gasteiger partial charge in [-0.1, -0.05) is 0 Å². The maximum atomic E-state index is 11.6. The Morgan fingerprint density at radius 3 is 3.07 bits per heavy atom. The van der Waals surface area contributed by atoms with Crippen molar-refractivity contribution in [3.63, 3.8) is 0 Å². The zero-order valence-corrected chi connectivity index (χ0v) is 8.23. The van der Waals surface area contributed by atoms with Gasteiger partial charge in [0.2, 0.25) is 5.91 Å². The summed E-state index contributed by atoms with van der Waals surface area (Å²) < 4.78 is 0. The average Bonchev–Trinajstić information content (AvgIpc) is 2.50. The Bertz CT molecular complexity index is 448. The van der Waals surface area contributed by atoms with Gasteiger partial charge in [0.05, 0.1) is 18.9 Å². The van der Waals surface area contributed by atoms with Gasteiger partial charge in [-0.25, -0.2) is 0 Å². The van der Waals surface area contributed by atoms with Gasteiger partial charge in [0.15, 0.2) is 0 Å². The highest BCUT2D eigenvalue weighted by Crippen LogP contribution is 2.30. The Labute approximate surface area is 87.9 Å². The summed E-state index contributed by atoms with van der Waals surface area (Å²) in [6.45, 7) is 0.465. The number of amides is 1. The summed E-state index contributed by atoms with van der Waals surface area (Å²) in [4.78, 5) is 13.3. The van der Waals surface area contributed by atoms with E-state index in [1.54, 1.807) is 11.0 Å². The molecule has 2 rings (SSSR count). The number of hydrogen-bond donors (Lipinski definition) is 1. The molecule has 15 heavy (non-hydrogen) atoms. The van der Waals surface area contributed by atoms with E-state index in [-0.39, 0.29) is 5.91 Å². The number of hydrogen-bond acceptors (Lipinski definition) is 3. The van der Waals surface area contributed by atoms with Gasteiger partial charge in [-0.05, 0) is 23.8 Å². The molecule has 76 valence electrons. The number of nitrogens with zero attached hydrogens (tertiary/aromatic N) is 2. The molecule has 0 fully saturated rings. The number of rotatable bonds is 2. The topological polar surface area (TPSA) is 70.1 Å². The molecule has 0 spiro atoms. The van der Waals surface area contributed by atoms with Crippen molar-refractivity contribution in [1.29, 1.82) is 5.26 Å². The minimum atomic E-state index is 0.0471. The Hall–Kier alpha value is -2.02. The van der Waals surface area contributed by atoms with Crippen LogP contribution in [0.1, 0.15) is 12.0 Å². The molecule has 1 aromatic carbocycles. The van der Waals surface area contributed by atoms with Gasteiger partial charge >= 0.3 is 0 Å². The van der Waals surface area contributed by atoms with E-state index in [4.69, 9.17) is 11.0 Å². The summed E-state index contributed by atoms with van der Waals surface area (Å²) in [5.74, 6) is 0.0471. The predicted molar refractivity (Wildman–Crippen MR) is 57.1 cm³/mol. The van der Waals surface area contributed by atoms with E-state index < -0.39 is 0 Å². The van der Waals surface area contributed by atoms with Crippen molar-refractivity contribution in [1.82, 2.24) is 0 Å². The highest BCUT2D eigenvalue weighted by atomic mass is 16.2. The fourth-order valence-electron chi connectivity index (χ4n) is 1.81. The number of nitrogens with two attached hydrogens (primary N) is 1. The van der Waals surface area contributed by atoms with E-state index in [2.05, 4.69) is 0 Å². The highest BCUT2D eigenvalue weighted by molar-refractivity contribution is 6.01. The number of fused-ring (bicyclic) bond motifs is 1. The second-order valence-corrected chi connectivity index (χ2v) is 3.52. The van der Waals surface area contributed by atoms with Crippen molar-refractivity contribution in [2.75, 3.05) is 17.2 Å². The summed E-state index contributed by atoms with van der Waals surface area (Å²) in [6.07, 6.45) is 0.751. The Morgan fingerprint density at radius 1 is 1.53 bits per heavy atom. The summed E-state index contributed by atoms with van der Waals surface area (Å²) in [7, 11) is 0. The minimum Gasteiger partial charge on any atom is -0.399 e. The quantitative estimate of drug-likeness (QED) is 0.727. The first-order valence-electron chi connectivity index (χ1n) is 4.78. The second kappa shape index (κ2) is 3.62. The molecular weight excluding hydrogens is 190 g/mol. The van der Waals surface area contributed by atoms with E-state index in [0.717, 1.165) is 11.3 Å². The molecular formula is C11H11N3O. The lowest BCUT2D eigenvalue weighted by atomic mass is 10.1. The normalized spacial score (nSPS) is 13.8. The maximum Gasteiger partial charge on any atom is 0.231 e. The van der Waals surface area contributed by atoms with Crippen LogP contribution in [0, 0.1) is 11.3 Å². The molecule has 4 heteroatoms. The monoisotopic (exact) mass is 201 g/mol. The van der Waals surface area contributed by atoms with Crippen molar-refractivity contribution in [2.24, 2.45) is 0 Å². The smallest absolute Gasteiger partial charge is 0.231 e. The molecule has 1 aliphatic rings. The van der Waals surface area contributed by atoms with Crippen molar-refractivity contribution in [3.05, 3.63) is 23.8 Å². The molecule has 1 aromatic rings. The van der Waals surface area contributed by atoms with Crippen molar-refractivity contribution >= 4 is 17.3 Å². The van der Waals surface area contributed by atoms with Crippen molar-refractivity contribution in [3.8, 4) is 6.07 Å². The molecule has 4 nitrogen and oxygen atoms in total. The van der Waals surface area contributed by atoms with Gasteiger partial charge < -0.3 is 10.6 Å². The SMILES string of the molecule is N#CCCN1C(=O)Cc2cc(N)ccc21. The summed E-state index contributed by atoms with van der Waals surface area (Å²) in [6, 6.07) is 7.47. The van der Waals surface area contributed by atoms with Crippen molar-refractivity contribution in [2.45, 2.75) is 12.8 Å². The molecule has 1 amide bonds. The molecule has 0 radical (unpaired) electrons. The van der Waals surface area contributed by atoms with Gasteiger partial charge in [-0.2, -0.15) is 5.26 Å². The molecule has 0 aromatic heterocycles. The Morgan fingerprint density at radius 2 is 2.33 bits per heavy atom. The first kappa shape index (κ1) is 9.53. The van der Waals surface area contributed by atoms with E-state index in [1.165, 1.54) is 0 Å².